The summed E-state index contributed by atoms with van der Waals surface area (Å²) in [5.41, 5.74) is 0.994. The second-order valence-corrected chi connectivity index (χ2v) is 6.06. The van der Waals surface area contributed by atoms with E-state index in [0.717, 1.165) is 26.8 Å². The Bertz CT molecular complexity index is 573. The van der Waals surface area contributed by atoms with Crippen molar-refractivity contribution in [2.75, 3.05) is 19.5 Å². The lowest BCUT2D eigenvalue weighted by atomic mass is 10.2. The molecular formula is C13H15BrN4OS. The fourth-order valence-electron chi connectivity index (χ4n) is 1.64. The first-order valence-electron chi connectivity index (χ1n) is 6.01. The van der Waals surface area contributed by atoms with Gasteiger partial charge in [-0.2, -0.15) is 0 Å². The van der Waals surface area contributed by atoms with E-state index in [1.165, 1.54) is 0 Å². The van der Waals surface area contributed by atoms with Crippen LogP contribution in [0.4, 0.5) is 0 Å². The summed E-state index contributed by atoms with van der Waals surface area (Å²) >= 11 is 4.95. The molecule has 5 nitrogen and oxygen atoms in total. The topological polar surface area (TPSA) is 52.8 Å². The molecule has 0 atom stereocenters. The molecule has 7 heteroatoms. The maximum Gasteiger partial charge on any atom is 0.191 e. The highest BCUT2D eigenvalue weighted by Crippen LogP contribution is 2.25. The molecule has 0 N–H and O–H groups in total. The highest BCUT2D eigenvalue weighted by Gasteiger charge is 2.14. The third kappa shape index (κ3) is 3.91. The lowest BCUT2D eigenvalue weighted by molar-refractivity contribution is 0.185. The molecule has 0 aliphatic heterocycles. The molecule has 0 spiro atoms. The van der Waals surface area contributed by atoms with Crippen LogP contribution in [0.2, 0.25) is 0 Å². The summed E-state index contributed by atoms with van der Waals surface area (Å²) in [5, 5.41) is 9.39. The Morgan fingerprint density at radius 3 is 2.80 bits per heavy atom. The highest BCUT2D eigenvalue weighted by molar-refractivity contribution is 9.11. The van der Waals surface area contributed by atoms with Gasteiger partial charge >= 0.3 is 0 Å². The standard InChI is InChI=1S/C13H15BrN4OS/c1-10(14)9-20-13-17-16-12(18(13)7-8-19-2)11-3-5-15-6-4-11/h3-6H,1,7-9H2,2H3. The van der Waals surface area contributed by atoms with Crippen LogP contribution in [-0.4, -0.2) is 39.2 Å². The van der Waals surface area contributed by atoms with Crippen molar-refractivity contribution < 1.29 is 4.74 Å². The number of nitrogens with zero attached hydrogens (tertiary/aromatic N) is 4. The molecule has 0 aromatic carbocycles. The van der Waals surface area contributed by atoms with Crippen molar-refractivity contribution >= 4 is 27.7 Å². The number of rotatable bonds is 7. The number of halogens is 1. The summed E-state index contributed by atoms with van der Waals surface area (Å²) in [6.45, 7) is 5.15. The van der Waals surface area contributed by atoms with Crippen LogP contribution in [0.15, 0.2) is 40.7 Å². The summed E-state index contributed by atoms with van der Waals surface area (Å²) < 4.78 is 8.14. The van der Waals surface area contributed by atoms with Gasteiger partial charge in [-0.15, -0.1) is 10.2 Å². The Morgan fingerprint density at radius 2 is 2.15 bits per heavy atom. The second-order valence-electron chi connectivity index (χ2n) is 3.99. The summed E-state index contributed by atoms with van der Waals surface area (Å²) in [7, 11) is 1.68. The molecular weight excluding hydrogens is 340 g/mol. The molecule has 106 valence electrons. The molecule has 0 saturated heterocycles. The van der Waals surface area contributed by atoms with Gasteiger partial charge in [-0.3, -0.25) is 9.55 Å². The Kier molecular flexibility index (Phi) is 5.75. The van der Waals surface area contributed by atoms with E-state index in [-0.39, 0.29) is 0 Å². The molecule has 0 aliphatic rings. The van der Waals surface area contributed by atoms with Crippen LogP contribution in [0.3, 0.4) is 0 Å². The summed E-state index contributed by atoms with van der Waals surface area (Å²) in [6.07, 6.45) is 3.50. The minimum atomic E-state index is 0.610. The van der Waals surface area contributed by atoms with Gasteiger partial charge in [-0.1, -0.05) is 34.3 Å². The molecule has 2 aromatic heterocycles. The average molecular weight is 355 g/mol. The summed E-state index contributed by atoms with van der Waals surface area (Å²) in [6, 6.07) is 3.84. The molecule has 20 heavy (non-hydrogen) atoms. The Morgan fingerprint density at radius 1 is 1.40 bits per heavy atom. The second kappa shape index (κ2) is 7.56. The predicted octanol–water partition coefficient (Wildman–Crippen LogP) is 2.99. The first-order valence-corrected chi connectivity index (χ1v) is 7.79. The number of ether oxygens (including phenoxy) is 1. The van der Waals surface area contributed by atoms with Gasteiger partial charge in [-0.25, -0.2) is 0 Å². The van der Waals surface area contributed by atoms with Crippen molar-refractivity contribution in [3.05, 3.63) is 35.6 Å². The first kappa shape index (κ1) is 15.2. The van der Waals surface area contributed by atoms with Gasteiger partial charge < -0.3 is 4.74 Å². The summed E-state index contributed by atoms with van der Waals surface area (Å²) in [4.78, 5) is 4.02. The SMILES string of the molecule is C=C(Br)CSc1nnc(-c2ccncc2)n1CCOC. The van der Waals surface area contributed by atoms with Gasteiger partial charge in [0.25, 0.3) is 0 Å². The van der Waals surface area contributed by atoms with E-state index in [2.05, 4.69) is 42.3 Å². The predicted molar refractivity (Wildman–Crippen MR) is 83.9 cm³/mol. The van der Waals surface area contributed by atoms with Crippen LogP contribution in [0.5, 0.6) is 0 Å². The fraction of sp³-hybridized carbons (Fsp3) is 0.308. The normalized spacial score (nSPS) is 10.7. The maximum atomic E-state index is 5.16. The molecule has 2 aromatic rings. The first-order chi connectivity index (χ1) is 9.72. The largest absolute Gasteiger partial charge is 0.383 e. The molecule has 0 saturated carbocycles. The number of aromatic nitrogens is 4. The molecule has 0 unspecified atom stereocenters. The van der Waals surface area contributed by atoms with Crippen molar-refractivity contribution in [1.82, 2.24) is 19.7 Å². The van der Waals surface area contributed by atoms with Crippen LogP contribution < -0.4 is 0 Å². The van der Waals surface area contributed by atoms with E-state index in [1.54, 1.807) is 31.3 Å². The van der Waals surface area contributed by atoms with Gasteiger partial charge in [-0.05, 0) is 16.6 Å². The van der Waals surface area contributed by atoms with E-state index in [1.807, 2.05) is 12.1 Å². The number of thioether (sulfide) groups is 1. The Labute approximate surface area is 130 Å². The van der Waals surface area contributed by atoms with Gasteiger partial charge in [0.05, 0.1) is 13.2 Å². The quantitative estimate of drug-likeness (QED) is 0.715. The molecule has 0 radical (unpaired) electrons. The smallest absolute Gasteiger partial charge is 0.191 e. The van der Waals surface area contributed by atoms with Crippen molar-refractivity contribution in [3.63, 3.8) is 0 Å². The third-order valence-corrected chi connectivity index (χ3v) is 4.24. The van der Waals surface area contributed by atoms with Crippen molar-refractivity contribution in [1.29, 1.82) is 0 Å². The number of pyridine rings is 1. The third-order valence-electron chi connectivity index (χ3n) is 2.53. The van der Waals surface area contributed by atoms with Crippen molar-refractivity contribution in [3.8, 4) is 11.4 Å². The molecule has 0 aliphatic carbocycles. The van der Waals surface area contributed by atoms with Crippen LogP contribution >= 0.6 is 27.7 Å². The lowest BCUT2D eigenvalue weighted by Gasteiger charge is -2.09. The molecule has 2 rings (SSSR count). The molecule has 0 fully saturated rings. The van der Waals surface area contributed by atoms with Crippen LogP contribution in [-0.2, 0) is 11.3 Å². The lowest BCUT2D eigenvalue weighted by Crippen LogP contribution is -2.07. The maximum absolute atomic E-state index is 5.16. The van der Waals surface area contributed by atoms with Crippen LogP contribution in [0.1, 0.15) is 0 Å². The Hall–Kier alpha value is -1.18. The zero-order valence-corrected chi connectivity index (χ0v) is 13.5. The Balaban J connectivity index is 2.29. The van der Waals surface area contributed by atoms with E-state index in [0.29, 0.717) is 13.2 Å². The van der Waals surface area contributed by atoms with Gasteiger partial charge in [0.2, 0.25) is 0 Å². The molecule has 0 amide bonds. The van der Waals surface area contributed by atoms with Gasteiger partial charge in [0.15, 0.2) is 11.0 Å². The van der Waals surface area contributed by atoms with E-state index in [4.69, 9.17) is 4.74 Å². The van der Waals surface area contributed by atoms with Crippen LogP contribution in [0, 0.1) is 0 Å². The minimum Gasteiger partial charge on any atom is -0.383 e. The van der Waals surface area contributed by atoms with Crippen LogP contribution in [0.25, 0.3) is 11.4 Å². The van der Waals surface area contributed by atoms with E-state index in [9.17, 15) is 0 Å². The zero-order valence-electron chi connectivity index (χ0n) is 11.1. The average Bonchev–Trinajstić information content (AvgIpc) is 2.86. The number of methoxy groups -OCH3 is 1. The van der Waals surface area contributed by atoms with Gasteiger partial charge in [0, 0.05) is 30.8 Å². The zero-order chi connectivity index (χ0) is 14.4. The monoisotopic (exact) mass is 354 g/mol. The fourth-order valence-corrected chi connectivity index (χ4v) is 2.70. The number of hydrogen-bond acceptors (Lipinski definition) is 5. The molecule has 2 heterocycles. The van der Waals surface area contributed by atoms with Crippen molar-refractivity contribution in [2.24, 2.45) is 0 Å². The van der Waals surface area contributed by atoms with E-state index >= 15 is 0 Å². The molecule has 0 bridgehead atoms. The highest BCUT2D eigenvalue weighted by atomic mass is 79.9. The van der Waals surface area contributed by atoms with Gasteiger partial charge in [0.1, 0.15) is 0 Å². The van der Waals surface area contributed by atoms with Crippen molar-refractivity contribution in [2.45, 2.75) is 11.7 Å². The van der Waals surface area contributed by atoms with E-state index < -0.39 is 0 Å². The number of hydrogen-bond donors (Lipinski definition) is 0. The summed E-state index contributed by atoms with van der Waals surface area (Å²) in [5.74, 6) is 1.58. The minimum absolute atomic E-state index is 0.610.